The molecule has 0 radical (unpaired) electrons. The Morgan fingerprint density at radius 2 is 1.52 bits per heavy atom. The molecule has 4 heteroatoms. The van der Waals surface area contributed by atoms with Crippen LogP contribution < -0.4 is 10.2 Å². The maximum Gasteiger partial charge on any atom is 0.317 e. The van der Waals surface area contributed by atoms with Gasteiger partial charge in [-0.15, -0.1) is 0 Å². The normalized spacial score (nSPS) is 16.5. The van der Waals surface area contributed by atoms with E-state index in [4.69, 9.17) is 0 Å². The summed E-state index contributed by atoms with van der Waals surface area (Å²) in [4.78, 5) is 16.8. The summed E-state index contributed by atoms with van der Waals surface area (Å²) in [6.45, 7) is 16.6. The molecule has 4 nitrogen and oxygen atoms in total. The van der Waals surface area contributed by atoms with Gasteiger partial charge in [-0.05, 0) is 36.3 Å². The lowest BCUT2D eigenvalue weighted by atomic mass is 9.91. The zero-order chi connectivity index (χ0) is 18.6. The van der Waals surface area contributed by atoms with E-state index in [1.165, 1.54) is 16.8 Å². The zero-order valence-corrected chi connectivity index (χ0v) is 16.8. The van der Waals surface area contributed by atoms with Gasteiger partial charge >= 0.3 is 6.03 Å². The number of rotatable bonds is 5. The van der Waals surface area contributed by atoms with Crippen molar-refractivity contribution in [2.75, 3.05) is 31.1 Å². The average molecular weight is 346 g/mol. The zero-order valence-electron chi connectivity index (χ0n) is 16.8. The van der Waals surface area contributed by atoms with E-state index in [-0.39, 0.29) is 12.1 Å². The van der Waals surface area contributed by atoms with Crippen LogP contribution >= 0.6 is 0 Å². The third-order valence-electron chi connectivity index (χ3n) is 5.21. The van der Waals surface area contributed by atoms with E-state index in [0.717, 1.165) is 32.6 Å². The van der Waals surface area contributed by atoms with Crippen molar-refractivity contribution in [2.24, 2.45) is 0 Å². The SMILES string of the molecule is CCC(C)NC(=O)N1CCN(c2c(C(C)C)cccc2C(C)C)CC1. The van der Waals surface area contributed by atoms with Gasteiger partial charge in [-0.1, -0.05) is 52.8 Å². The van der Waals surface area contributed by atoms with E-state index in [1.807, 2.05) is 4.90 Å². The molecule has 1 N–H and O–H groups in total. The summed E-state index contributed by atoms with van der Waals surface area (Å²) < 4.78 is 0. The highest BCUT2D eigenvalue weighted by atomic mass is 16.2. The van der Waals surface area contributed by atoms with Gasteiger partial charge < -0.3 is 15.1 Å². The number of carbonyl (C=O) groups excluding carboxylic acids is 1. The Hall–Kier alpha value is -1.71. The quantitative estimate of drug-likeness (QED) is 0.849. The number of nitrogens with one attached hydrogen (secondary N) is 1. The van der Waals surface area contributed by atoms with Crippen molar-refractivity contribution in [1.29, 1.82) is 0 Å². The third kappa shape index (κ3) is 4.68. The summed E-state index contributed by atoms with van der Waals surface area (Å²) >= 11 is 0. The molecule has 1 heterocycles. The monoisotopic (exact) mass is 345 g/mol. The van der Waals surface area contributed by atoms with Crippen LogP contribution in [0.2, 0.25) is 0 Å². The molecule has 1 saturated heterocycles. The van der Waals surface area contributed by atoms with Gasteiger partial charge in [0.2, 0.25) is 0 Å². The fourth-order valence-corrected chi connectivity index (χ4v) is 3.41. The average Bonchev–Trinajstić information content (AvgIpc) is 2.60. The van der Waals surface area contributed by atoms with Crippen LogP contribution in [0, 0.1) is 0 Å². The highest BCUT2D eigenvalue weighted by Gasteiger charge is 2.25. The molecular formula is C21H35N3O. The molecule has 1 atom stereocenters. The Labute approximate surface area is 153 Å². The van der Waals surface area contributed by atoms with Crippen molar-refractivity contribution in [3.63, 3.8) is 0 Å². The first-order chi connectivity index (χ1) is 11.8. The van der Waals surface area contributed by atoms with E-state index < -0.39 is 0 Å². The summed E-state index contributed by atoms with van der Waals surface area (Å²) in [6.07, 6.45) is 0.964. The number of benzene rings is 1. The standard InChI is InChI=1S/C21H35N3O/c1-7-17(6)22-21(25)24-13-11-23(12-14-24)20-18(15(2)3)9-8-10-19(20)16(4)5/h8-10,15-17H,7,11-14H2,1-6H3,(H,22,25). The lowest BCUT2D eigenvalue weighted by Crippen LogP contribution is -2.53. The van der Waals surface area contributed by atoms with Gasteiger partial charge in [-0.25, -0.2) is 4.79 Å². The fourth-order valence-electron chi connectivity index (χ4n) is 3.41. The molecule has 25 heavy (non-hydrogen) atoms. The van der Waals surface area contributed by atoms with Crippen LogP contribution in [0.5, 0.6) is 0 Å². The number of nitrogens with zero attached hydrogens (tertiary/aromatic N) is 2. The number of anilines is 1. The summed E-state index contributed by atoms with van der Waals surface area (Å²) in [7, 11) is 0. The summed E-state index contributed by atoms with van der Waals surface area (Å²) in [5.41, 5.74) is 4.24. The molecule has 0 aromatic heterocycles. The second-order valence-electron chi connectivity index (χ2n) is 7.83. The molecule has 0 spiro atoms. The van der Waals surface area contributed by atoms with Gasteiger partial charge in [-0.2, -0.15) is 0 Å². The minimum absolute atomic E-state index is 0.0789. The van der Waals surface area contributed by atoms with Crippen molar-refractivity contribution >= 4 is 11.7 Å². The van der Waals surface area contributed by atoms with E-state index >= 15 is 0 Å². The number of hydrogen-bond acceptors (Lipinski definition) is 2. The Morgan fingerprint density at radius 3 is 1.96 bits per heavy atom. The van der Waals surface area contributed by atoms with Gasteiger partial charge in [0.05, 0.1) is 0 Å². The molecule has 2 amide bonds. The van der Waals surface area contributed by atoms with Crippen molar-refractivity contribution in [2.45, 2.75) is 65.8 Å². The van der Waals surface area contributed by atoms with Gasteiger partial charge in [0.1, 0.15) is 0 Å². The highest BCUT2D eigenvalue weighted by Crippen LogP contribution is 2.35. The lowest BCUT2D eigenvalue weighted by Gasteiger charge is -2.39. The largest absolute Gasteiger partial charge is 0.368 e. The van der Waals surface area contributed by atoms with Crippen molar-refractivity contribution in [1.82, 2.24) is 10.2 Å². The van der Waals surface area contributed by atoms with Crippen LogP contribution in [0.15, 0.2) is 18.2 Å². The second-order valence-corrected chi connectivity index (χ2v) is 7.83. The van der Waals surface area contributed by atoms with Crippen LogP contribution in [0.3, 0.4) is 0 Å². The molecule has 0 aliphatic carbocycles. The third-order valence-corrected chi connectivity index (χ3v) is 5.21. The molecule has 0 bridgehead atoms. The summed E-state index contributed by atoms with van der Waals surface area (Å²) in [5, 5.41) is 3.08. The van der Waals surface area contributed by atoms with Crippen molar-refractivity contribution in [3.8, 4) is 0 Å². The number of carbonyl (C=O) groups is 1. The van der Waals surface area contributed by atoms with Gasteiger partial charge in [0.15, 0.2) is 0 Å². The second kappa shape index (κ2) is 8.59. The topological polar surface area (TPSA) is 35.6 Å². The number of piperazine rings is 1. The van der Waals surface area contributed by atoms with Crippen LogP contribution in [0.4, 0.5) is 10.5 Å². The van der Waals surface area contributed by atoms with Crippen LogP contribution in [0.25, 0.3) is 0 Å². The maximum atomic E-state index is 12.4. The maximum absolute atomic E-state index is 12.4. The Kier molecular flexibility index (Phi) is 6.74. The predicted octanol–water partition coefficient (Wildman–Crippen LogP) is 4.56. The van der Waals surface area contributed by atoms with Gasteiger partial charge in [0, 0.05) is 37.9 Å². The Bertz CT molecular complexity index is 548. The molecule has 1 aromatic rings. The molecular weight excluding hydrogens is 310 g/mol. The Morgan fingerprint density at radius 1 is 1.00 bits per heavy atom. The minimum atomic E-state index is 0.0789. The Balaban J connectivity index is 2.14. The summed E-state index contributed by atoms with van der Waals surface area (Å²) in [5.74, 6) is 1.00. The molecule has 1 aliphatic heterocycles. The minimum Gasteiger partial charge on any atom is -0.368 e. The fraction of sp³-hybridized carbons (Fsp3) is 0.667. The molecule has 1 aromatic carbocycles. The van der Waals surface area contributed by atoms with Crippen molar-refractivity contribution < 1.29 is 4.79 Å². The van der Waals surface area contributed by atoms with E-state index in [2.05, 4.69) is 70.0 Å². The van der Waals surface area contributed by atoms with Gasteiger partial charge in [0.25, 0.3) is 0 Å². The van der Waals surface area contributed by atoms with Crippen LogP contribution in [0.1, 0.15) is 70.9 Å². The number of para-hydroxylation sites is 1. The molecule has 1 aliphatic rings. The van der Waals surface area contributed by atoms with E-state index in [0.29, 0.717) is 11.8 Å². The first kappa shape index (κ1) is 19.6. The number of urea groups is 1. The van der Waals surface area contributed by atoms with Crippen LogP contribution in [-0.4, -0.2) is 43.2 Å². The first-order valence-electron chi connectivity index (χ1n) is 9.78. The summed E-state index contributed by atoms with van der Waals surface area (Å²) in [6, 6.07) is 7.01. The van der Waals surface area contributed by atoms with Crippen molar-refractivity contribution in [3.05, 3.63) is 29.3 Å². The molecule has 0 saturated carbocycles. The smallest absolute Gasteiger partial charge is 0.317 e. The molecule has 2 rings (SSSR count). The van der Waals surface area contributed by atoms with E-state index in [9.17, 15) is 4.79 Å². The van der Waals surface area contributed by atoms with Gasteiger partial charge in [-0.3, -0.25) is 0 Å². The van der Waals surface area contributed by atoms with Crippen LogP contribution in [-0.2, 0) is 0 Å². The predicted molar refractivity (Wildman–Crippen MR) is 107 cm³/mol. The van der Waals surface area contributed by atoms with E-state index in [1.54, 1.807) is 0 Å². The lowest BCUT2D eigenvalue weighted by molar-refractivity contribution is 0.190. The molecule has 1 unspecified atom stereocenters. The molecule has 140 valence electrons. The highest BCUT2D eigenvalue weighted by molar-refractivity contribution is 5.75. The number of amides is 2. The first-order valence-corrected chi connectivity index (χ1v) is 9.78. The number of hydrogen-bond donors (Lipinski definition) is 1. The molecule has 1 fully saturated rings.